The lowest BCUT2D eigenvalue weighted by molar-refractivity contribution is -0.147. The number of nitrogens with zero attached hydrogens (tertiary/aromatic N) is 1. The van der Waals surface area contributed by atoms with Crippen molar-refractivity contribution in [2.24, 2.45) is 11.8 Å². The van der Waals surface area contributed by atoms with Gasteiger partial charge in [-0.3, -0.25) is 14.4 Å². The van der Waals surface area contributed by atoms with E-state index in [0.29, 0.717) is 23.5 Å². The minimum Gasteiger partial charge on any atom is -0.508 e. The first kappa shape index (κ1) is 33.7. The zero-order valence-corrected chi connectivity index (χ0v) is 25.1. The van der Waals surface area contributed by atoms with Crippen molar-refractivity contribution in [3.05, 3.63) is 29.3 Å². The molecular formula is C29H47N3O7. The number of carbonyl (C=O) groups excluding carboxylic acids is 4. The SMILES string of the molecule is COC(=O)CNC(=O)C(c1ccc(O)c(C)c1)N(C(=O)C(NC(=O)OC(C)(C)C)C(C)C)C(C)CCC(C)C. The highest BCUT2D eigenvalue weighted by Crippen LogP contribution is 2.31. The Morgan fingerprint density at radius 1 is 1.03 bits per heavy atom. The van der Waals surface area contributed by atoms with E-state index in [0.717, 1.165) is 6.42 Å². The monoisotopic (exact) mass is 549 g/mol. The number of aromatic hydroxyl groups is 1. The molecule has 3 unspecified atom stereocenters. The molecule has 0 aromatic heterocycles. The molecule has 0 aliphatic carbocycles. The third-order valence-electron chi connectivity index (χ3n) is 6.19. The number of alkyl carbamates (subject to hydrolysis) is 1. The van der Waals surface area contributed by atoms with Gasteiger partial charge in [0.2, 0.25) is 11.8 Å². The first-order valence-electron chi connectivity index (χ1n) is 13.4. The number of carbonyl (C=O) groups is 4. The molecule has 3 atom stereocenters. The fraction of sp³-hybridized carbons (Fsp3) is 0.655. The van der Waals surface area contributed by atoms with Crippen LogP contribution in [0.5, 0.6) is 5.75 Å². The van der Waals surface area contributed by atoms with Crippen LogP contribution in [-0.4, -0.2) is 65.2 Å². The quantitative estimate of drug-likeness (QED) is 0.332. The Balaban J connectivity index is 3.65. The molecule has 0 heterocycles. The summed E-state index contributed by atoms with van der Waals surface area (Å²) in [6, 6.07) is 2.13. The number of hydrogen-bond acceptors (Lipinski definition) is 7. The molecule has 0 aliphatic heterocycles. The van der Waals surface area contributed by atoms with Gasteiger partial charge in [-0.05, 0) is 82.6 Å². The summed E-state index contributed by atoms with van der Waals surface area (Å²) in [4.78, 5) is 53.9. The van der Waals surface area contributed by atoms with E-state index in [2.05, 4.69) is 29.2 Å². The summed E-state index contributed by atoms with van der Waals surface area (Å²) in [6.45, 7) is 16.1. The number of rotatable bonds is 12. The van der Waals surface area contributed by atoms with Crippen LogP contribution in [-0.2, 0) is 23.9 Å². The lowest BCUT2D eigenvalue weighted by Gasteiger charge is -2.39. The molecule has 1 rings (SSSR count). The van der Waals surface area contributed by atoms with Gasteiger partial charge >= 0.3 is 12.1 Å². The molecule has 10 nitrogen and oxygen atoms in total. The van der Waals surface area contributed by atoms with Crippen LogP contribution in [0.2, 0.25) is 0 Å². The summed E-state index contributed by atoms with van der Waals surface area (Å²) in [5.41, 5.74) is 0.212. The molecule has 3 amide bonds. The maximum atomic E-state index is 14.3. The van der Waals surface area contributed by atoms with E-state index in [-0.39, 0.29) is 18.2 Å². The minimum absolute atomic E-state index is 0.0462. The van der Waals surface area contributed by atoms with Gasteiger partial charge in [-0.2, -0.15) is 0 Å². The Morgan fingerprint density at radius 2 is 1.64 bits per heavy atom. The van der Waals surface area contributed by atoms with Crippen LogP contribution in [0.3, 0.4) is 0 Å². The topological polar surface area (TPSA) is 134 Å². The molecule has 1 aromatic rings. The van der Waals surface area contributed by atoms with Gasteiger partial charge in [0, 0.05) is 6.04 Å². The minimum atomic E-state index is -1.15. The molecule has 0 saturated carbocycles. The number of ether oxygens (including phenoxy) is 2. The number of hydrogen-bond donors (Lipinski definition) is 3. The van der Waals surface area contributed by atoms with Gasteiger partial charge in [0.05, 0.1) is 7.11 Å². The van der Waals surface area contributed by atoms with Gasteiger partial charge in [0.1, 0.15) is 30.0 Å². The van der Waals surface area contributed by atoms with Crippen LogP contribution in [0, 0.1) is 18.8 Å². The Kier molecular flexibility index (Phi) is 12.8. The predicted octanol–water partition coefficient (Wildman–Crippen LogP) is 4.23. The molecule has 0 aliphatic rings. The number of benzene rings is 1. The van der Waals surface area contributed by atoms with Crippen molar-refractivity contribution < 1.29 is 33.8 Å². The normalized spacial score (nSPS) is 13.8. The van der Waals surface area contributed by atoms with Gasteiger partial charge in [-0.25, -0.2) is 4.79 Å². The zero-order valence-electron chi connectivity index (χ0n) is 25.1. The summed E-state index contributed by atoms with van der Waals surface area (Å²) in [6.07, 6.45) is 0.650. The molecule has 0 fully saturated rings. The van der Waals surface area contributed by atoms with E-state index in [1.165, 1.54) is 18.1 Å². The van der Waals surface area contributed by atoms with E-state index in [1.807, 2.05) is 6.92 Å². The van der Waals surface area contributed by atoms with Crippen molar-refractivity contribution in [1.82, 2.24) is 15.5 Å². The summed E-state index contributed by atoms with van der Waals surface area (Å²) in [5, 5.41) is 15.4. The zero-order chi connectivity index (χ0) is 30.1. The Bertz CT molecular complexity index is 1000. The molecule has 1 aromatic carbocycles. The number of amides is 3. The van der Waals surface area contributed by atoms with E-state index in [4.69, 9.17) is 4.74 Å². The van der Waals surface area contributed by atoms with E-state index in [1.54, 1.807) is 53.7 Å². The van der Waals surface area contributed by atoms with Gasteiger partial charge in [0.15, 0.2) is 0 Å². The van der Waals surface area contributed by atoms with E-state index >= 15 is 0 Å². The van der Waals surface area contributed by atoms with Crippen molar-refractivity contribution in [1.29, 1.82) is 0 Å². The first-order chi connectivity index (χ1) is 18.0. The second kappa shape index (κ2) is 14.7. The van der Waals surface area contributed by atoms with Crippen LogP contribution in [0.4, 0.5) is 4.79 Å². The van der Waals surface area contributed by atoms with Gasteiger partial charge in [-0.15, -0.1) is 0 Å². The van der Waals surface area contributed by atoms with Gasteiger partial charge in [-0.1, -0.05) is 33.8 Å². The molecule has 3 N–H and O–H groups in total. The average molecular weight is 550 g/mol. The fourth-order valence-corrected chi connectivity index (χ4v) is 4.04. The van der Waals surface area contributed by atoms with Crippen LogP contribution in [0.15, 0.2) is 18.2 Å². The van der Waals surface area contributed by atoms with Crippen LogP contribution in [0.25, 0.3) is 0 Å². The largest absolute Gasteiger partial charge is 0.508 e. The van der Waals surface area contributed by atoms with Crippen molar-refractivity contribution in [2.45, 2.75) is 98.9 Å². The lowest BCUT2D eigenvalue weighted by atomic mass is 9.94. The number of nitrogens with one attached hydrogen (secondary N) is 2. The molecule has 0 bridgehead atoms. The number of aryl methyl sites for hydroxylation is 1. The van der Waals surface area contributed by atoms with Crippen molar-refractivity contribution in [3.63, 3.8) is 0 Å². The number of esters is 1. The number of phenols is 1. The third-order valence-corrected chi connectivity index (χ3v) is 6.19. The summed E-state index contributed by atoms with van der Waals surface area (Å²) in [7, 11) is 1.22. The molecule has 0 radical (unpaired) electrons. The standard InChI is InChI=1S/C29H47N3O7/c1-17(2)11-12-20(6)32(27(36)24(18(3)4)31-28(37)39-29(7,8)9)25(26(35)30-16-23(34)38-10)21-13-14-22(33)19(5)15-21/h13-15,17-18,20,24-25,33H,11-12,16H2,1-10H3,(H,30,35)(H,31,37). The van der Waals surface area contributed by atoms with Crippen molar-refractivity contribution >= 4 is 23.9 Å². The van der Waals surface area contributed by atoms with Gasteiger partial charge in [0.25, 0.3) is 0 Å². The van der Waals surface area contributed by atoms with Crippen LogP contribution < -0.4 is 10.6 Å². The van der Waals surface area contributed by atoms with Crippen LogP contribution in [0.1, 0.15) is 85.4 Å². The summed E-state index contributed by atoms with van der Waals surface area (Å²) in [5.74, 6) is -1.62. The number of methoxy groups -OCH3 is 1. The number of phenolic OH excluding ortho intramolecular Hbond substituents is 1. The maximum absolute atomic E-state index is 14.3. The lowest BCUT2D eigenvalue weighted by Crippen LogP contribution is -2.57. The molecule has 220 valence electrons. The van der Waals surface area contributed by atoms with Gasteiger partial charge < -0.3 is 30.1 Å². The Labute approximate surface area is 232 Å². The predicted molar refractivity (Wildman–Crippen MR) is 149 cm³/mol. The average Bonchev–Trinajstić information content (AvgIpc) is 2.82. The van der Waals surface area contributed by atoms with Crippen LogP contribution >= 0.6 is 0 Å². The fourth-order valence-electron chi connectivity index (χ4n) is 4.04. The van der Waals surface area contributed by atoms with Crippen molar-refractivity contribution in [3.8, 4) is 5.75 Å². The third kappa shape index (κ3) is 10.8. The molecule has 39 heavy (non-hydrogen) atoms. The highest BCUT2D eigenvalue weighted by molar-refractivity contribution is 5.93. The Morgan fingerprint density at radius 3 is 2.13 bits per heavy atom. The highest BCUT2D eigenvalue weighted by Gasteiger charge is 2.40. The Hall–Kier alpha value is -3.30. The second-order valence-corrected chi connectivity index (χ2v) is 11.7. The molecule has 0 saturated heterocycles. The molecule has 0 spiro atoms. The summed E-state index contributed by atoms with van der Waals surface area (Å²) < 4.78 is 10.1. The second-order valence-electron chi connectivity index (χ2n) is 11.7. The van der Waals surface area contributed by atoms with E-state index < -0.39 is 47.6 Å². The van der Waals surface area contributed by atoms with E-state index in [9.17, 15) is 24.3 Å². The smallest absolute Gasteiger partial charge is 0.408 e. The van der Waals surface area contributed by atoms with Crippen molar-refractivity contribution in [2.75, 3.05) is 13.7 Å². The highest BCUT2D eigenvalue weighted by atomic mass is 16.6. The first-order valence-corrected chi connectivity index (χ1v) is 13.4. The maximum Gasteiger partial charge on any atom is 0.408 e. The molecular weight excluding hydrogens is 502 g/mol. The molecule has 10 heteroatoms. The summed E-state index contributed by atoms with van der Waals surface area (Å²) >= 11 is 0.